The molecule has 4 nitrogen and oxygen atoms in total. The van der Waals surface area contributed by atoms with Crippen molar-refractivity contribution in [1.82, 2.24) is 0 Å². The van der Waals surface area contributed by atoms with Gasteiger partial charge in [0.2, 0.25) is 0 Å². The van der Waals surface area contributed by atoms with Gasteiger partial charge >= 0.3 is 0 Å². The number of para-hydroxylation sites is 1. The minimum atomic E-state index is -0.949. The molecule has 1 fully saturated rings. The van der Waals surface area contributed by atoms with Crippen LogP contribution in [0.1, 0.15) is 39.4 Å². The van der Waals surface area contributed by atoms with E-state index in [1.165, 1.54) is 11.8 Å². The summed E-state index contributed by atoms with van der Waals surface area (Å²) in [6.07, 6.45) is 1.32. The molecule has 0 unspecified atom stereocenters. The van der Waals surface area contributed by atoms with Crippen LogP contribution in [0.3, 0.4) is 0 Å². The second-order valence-corrected chi connectivity index (χ2v) is 9.63. The molecule has 0 bridgehead atoms. The van der Waals surface area contributed by atoms with Crippen molar-refractivity contribution in [2.45, 2.75) is 25.7 Å². The van der Waals surface area contributed by atoms with E-state index < -0.39 is 11.3 Å². The minimum absolute atomic E-state index is 0.0156. The number of Topliss-reactive ketones (excluding diaryl/α,β-unsaturated/α-hetero) is 1. The zero-order chi connectivity index (χ0) is 22.3. The number of carbonyl (C=O) groups is 1. The summed E-state index contributed by atoms with van der Waals surface area (Å²) in [4.78, 5) is 19.1. The summed E-state index contributed by atoms with van der Waals surface area (Å²) in [6, 6.07) is 23.2. The highest BCUT2D eigenvalue weighted by Gasteiger charge is 2.59. The van der Waals surface area contributed by atoms with Crippen molar-refractivity contribution >= 4 is 44.9 Å². The van der Waals surface area contributed by atoms with Crippen LogP contribution >= 0.6 is 23.4 Å². The van der Waals surface area contributed by atoms with Crippen LogP contribution < -0.4 is 0 Å². The van der Waals surface area contributed by atoms with Gasteiger partial charge in [-0.25, -0.2) is 4.99 Å². The fourth-order valence-electron chi connectivity index (χ4n) is 4.75. The Morgan fingerprint density at radius 1 is 1.03 bits per heavy atom. The van der Waals surface area contributed by atoms with Gasteiger partial charge in [-0.3, -0.25) is 4.79 Å². The lowest BCUT2D eigenvalue weighted by molar-refractivity contribution is 0.0843. The summed E-state index contributed by atoms with van der Waals surface area (Å²) < 4.78 is 0. The lowest BCUT2D eigenvalue weighted by Crippen LogP contribution is -2.44. The number of oxime groups is 1. The van der Waals surface area contributed by atoms with Gasteiger partial charge in [-0.1, -0.05) is 94.7 Å². The van der Waals surface area contributed by atoms with E-state index in [9.17, 15) is 10.0 Å². The quantitative estimate of drug-likeness (QED) is 0.337. The molecule has 160 valence electrons. The molecule has 0 radical (unpaired) electrons. The van der Waals surface area contributed by atoms with Crippen molar-refractivity contribution in [2.75, 3.05) is 0 Å². The number of hydrogen-bond acceptors (Lipinski definition) is 5. The lowest BCUT2D eigenvalue weighted by atomic mass is 9.62. The molecule has 3 aromatic rings. The van der Waals surface area contributed by atoms with Crippen molar-refractivity contribution in [3.63, 3.8) is 0 Å². The van der Waals surface area contributed by atoms with Crippen LogP contribution in [0.2, 0.25) is 5.02 Å². The molecule has 2 aliphatic rings. The molecule has 2 atom stereocenters. The number of ketones is 1. The van der Waals surface area contributed by atoms with Crippen molar-refractivity contribution in [2.24, 2.45) is 15.6 Å². The highest BCUT2D eigenvalue weighted by molar-refractivity contribution is 8.27. The summed E-state index contributed by atoms with van der Waals surface area (Å²) in [5, 5.41) is 15.2. The second-order valence-electron chi connectivity index (χ2n) is 8.21. The first-order valence-corrected chi connectivity index (χ1v) is 11.7. The van der Waals surface area contributed by atoms with Crippen LogP contribution in [0.25, 0.3) is 0 Å². The largest absolute Gasteiger partial charge is 0.410 e. The van der Waals surface area contributed by atoms with E-state index in [1.54, 1.807) is 6.07 Å². The van der Waals surface area contributed by atoms with E-state index in [-0.39, 0.29) is 5.78 Å². The molecule has 1 N–H and O–H groups in total. The Morgan fingerprint density at radius 3 is 2.50 bits per heavy atom. The standard InChI is InChI=1S/C26H21ClN2O2S/c1-16-10-12-18(13-11-16)22-24(29-31)32-25(28-21-9-5-4-8-20(21)27)26(22)15-14-17-6-2-3-7-19(17)23(26)30/h2-13,22,31H,14-15H2,1H3/b28-25?,29-24-/t22-,26-/m0/s1. The number of thioether (sulfide) groups is 1. The Kier molecular flexibility index (Phi) is 5.39. The Bertz CT molecular complexity index is 1270. The average molecular weight is 461 g/mol. The maximum absolute atomic E-state index is 14.2. The minimum Gasteiger partial charge on any atom is -0.410 e. The first-order valence-electron chi connectivity index (χ1n) is 10.5. The number of hydrogen-bond donors (Lipinski definition) is 1. The van der Waals surface area contributed by atoms with Gasteiger partial charge in [-0.05, 0) is 43.0 Å². The SMILES string of the molecule is Cc1ccc([C@H]2/C(=N/O)SC(=Nc3ccccc3Cl)[C@@]23CCc2ccccc2C3=O)cc1. The molecular weight excluding hydrogens is 440 g/mol. The summed E-state index contributed by atoms with van der Waals surface area (Å²) >= 11 is 7.68. The van der Waals surface area contributed by atoms with Gasteiger partial charge in [0.25, 0.3) is 0 Å². The fraction of sp³-hybridized carbons (Fsp3) is 0.192. The molecule has 0 saturated carbocycles. The zero-order valence-corrected chi connectivity index (χ0v) is 19.0. The van der Waals surface area contributed by atoms with Crippen LogP contribution in [0.15, 0.2) is 82.9 Å². The zero-order valence-electron chi connectivity index (χ0n) is 17.5. The van der Waals surface area contributed by atoms with Crippen molar-refractivity contribution < 1.29 is 10.0 Å². The van der Waals surface area contributed by atoms with E-state index >= 15 is 0 Å². The summed E-state index contributed by atoms with van der Waals surface area (Å²) in [7, 11) is 0. The Labute approximate surface area is 196 Å². The molecular formula is C26H21ClN2O2S. The number of aliphatic imine (C=N–C) groups is 1. The highest BCUT2D eigenvalue weighted by Crippen LogP contribution is 2.57. The van der Waals surface area contributed by atoms with Gasteiger partial charge in [0.1, 0.15) is 5.04 Å². The maximum atomic E-state index is 14.2. The molecule has 0 amide bonds. The Morgan fingerprint density at radius 2 is 1.75 bits per heavy atom. The van der Waals surface area contributed by atoms with Gasteiger partial charge in [0, 0.05) is 5.56 Å². The van der Waals surface area contributed by atoms with E-state index in [4.69, 9.17) is 16.6 Å². The number of halogens is 1. The van der Waals surface area contributed by atoms with Crippen molar-refractivity contribution in [3.05, 3.63) is 100 Å². The first kappa shape index (κ1) is 21.0. The Hall–Kier alpha value is -2.89. The number of nitrogens with zero attached hydrogens (tertiary/aromatic N) is 2. The van der Waals surface area contributed by atoms with Gasteiger partial charge < -0.3 is 5.21 Å². The van der Waals surface area contributed by atoms with Crippen LogP contribution in [-0.4, -0.2) is 21.1 Å². The highest BCUT2D eigenvalue weighted by atomic mass is 35.5. The van der Waals surface area contributed by atoms with Gasteiger partial charge in [-0.2, -0.15) is 0 Å². The predicted octanol–water partition coefficient (Wildman–Crippen LogP) is 6.81. The fourth-order valence-corrected chi connectivity index (χ4v) is 6.26. The third-order valence-electron chi connectivity index (χ3n) is 6.36. The van der Waals surface area contributed by atoms with E-state index in [1.807, 2.05) is 73.7 Å². The van der Waals surface area contributed by atoms with Crippen LogP contribution in [0, 0.1) is 12.3 Å². The van der Waals surface area contributed by atoms with Crippen molar-refractivity contribution in [3.8, 4) is 0 Å². The molecule has 1 saturated heterocycles. The topological polar surface area (TPSA) is 62.0 Å². The van der Waals surface area contributed by atoms with Gasteiger partial charge in [0.05, 0.1) is 27.1 Å². The average Bonchev–Trinajstić information content (AvgIpc) is 3.12. The lowest BCUT2D eigenvalue weighted by Gasteiger charge is -2.37. The molecule has 1 spiro atoms. The van der Waals surface area contributed by atoms with Crippen LogP contribution in [0.5, 0.6) is 0 Å². The molecule has 32 heavy (non-hydrogen) atoms. The molecule has 1 aliphatic heterocycles. The molecule has 5 rings (SSSR count). The number of carbonyl (C=O) groups excluding carboxylic acids is 1. The maximum Gasteiger partial charge on any atom is 0.176 e. The third-order valence-corrected chi connectivity index (χ3v) is 7.86. The molecule has 3 aromatic carbocycles. The first-order chi connectivity index (χ1) is 15.5. The predicted molar refractivity (Wildman–Crippen MR) is 131 cm³/mol. The smallest absolute Gasteiger partial charge is 0.176 e. The summed E-state index contributed by atoms with van der Waals surface area (Å²) in [5.41, 5.74) is 3.47. The number of rotatable bonds is 2. The van der Waals surface area contributed by atoms with Crippen molar-refractivity contribution in [1.29, 1.82) is 0 Å². The summed E-state index contributed by atoms with van der Waals surface area (Å²) in [6.45, 7) is 2.02. The molecule has 1 heterocycles. The molecule has 6 heteroatoms. The van der Waals surface area contributed by atoms with E-state index in [0.717, 1.165) is 23.1 Å². The third kappa shape index (κ3) is 3.28. The molecule has 1 aliphatic carbocycles. The van der Waals surface area contributed by atoms with Gasteiger partial charge in [-0.15, -0.1) is 0 Å². The number of benzene rings is 3. The summed E-state index contributed by atoms with van der Waals surface area (Å²) in [5.74, 6) is -0.401. The van der Waals surface area contributed by atoms with Crippen LogP contribution in [0.4, 0.5) is 5.69 Å². The van der Waals surface area contributed by atoms with Crippen LogP contribution in [-0.2, 0) is 6.42 Å². The Balaban J connectivity index is 1.76. The number of aryl methyl sites for hydroxylation is 2. The van der Waals surface area contributed by atoms with E-state index in [2.05, 4.69) is 5.16 Å². The van der Waals surface area contributed by atoms with Gasteiger partial charge in [0.15, 0.2) is 5.78 Å². The monoisotopic (exact) mass is 460 g/mol. The second kappa shape index (κ2) is 8.23. The number of fused-ring (bicyclic) bond motifs is 1. The molecule has 0 aromatic heterocycles. The van der Waals surface area contributed by atoms with E-state index in [0.29, 0.717) is 32.8 Å². The normalized spacial score (nSPS) is 24.9.